The Labute approximate surface area is 463 Å². The molecule has 82 heavy (non-hydrogen) atoms. The molecule has 3 amide bonds. The van der Waals surface area contributed by atoms with E-state index in [9.17, 15) is 116 Å². The molecular formula is C45H75N3O34. The fraction of sp³-hybridized carbons (Fsp3) is 0.911. The largest absolute Gasteiger partial charge is 0.477 e. The highest BCUT2D eigenvalue weighted by Crippen LogP contribution is 2.41. The van der Waals surface area contributed by atoms with Gasteiger partial charge in [-0.3, -0.25) is 14.4 Å². The molecule has 6 saturated heterocycles. The van der Waals surface area contributed by atoms with Crippen LogP contribution in [0.25, 0.3) is 0 Å². The fourth-order valence-electron chi connectivity index (χ4n) is 10.4. The highest BCUT2D eigenvalue weighted by atomic mass is 16.8. The summed E-state index contributed by atoms with van der Waals surface area (Å²) in [6, 6.07) is -5.44. The van der Waals surface area contributed by atoms with Crippen molar-refractivity contribution < 1.29 is 168 Å². The number of hydrogen-bond donors (Lipinski definition) is 22. The third-order valence-corrected chi connectivity index (χ3v) is 14.6. The molecule has 0 radical (unpaired) electrons. The van der Waals surface area contributed by atoms with E-state index < -0.39 is 259 Å². The average molecular weight is 1200 g/mol. The molecular weight excluding hydrogens is 1130 g/mol. The predicted octanol–water partition coefficient (Wildman–Crippen LogP) is -14.5. The number of aliphatic carboxylic acids is 1. The number of aliphatic hydroxyl groups excluding tert-OH is 18. The minimum Gasteiger partial charge on any atom is -0.477 e. The maximum atomic E-state index is 13.6. The molecule has 0 aromatic carbocycles. The van der Waals surface area contributed by atoms with Crippen molar-refractivity contribution in [1.82, 2.24) is 16.0 Å². The van der Waals surface area contributed by atoms with E-state index in [0.717, 1.165) is 20.8 Å². The summed E-state index contributed by atoms with van der Waals surface area (Å²) in [4.78, 5) is 51.1. The van der Waals surface area contributed by atoms with Crippen LogP contribution in [-0.4, -0.2) is 350 Å². The van der Waals surface area contributed by atoms with E-state index in [-0.39, 0.29) is 0 Å². The quantitative estimate of drug-likeness (QED) is 0.0479. The van der Waals surface area contributed by atoms with Gasteiger partial charge in [0.15, 0.2) is 31.5 Å². The first-order valence-corrected chi connectivity index (χ1v) is 25.7. The van der Waals surface area contributed by atoms with Crippen LogP contribution in [0.15, 0.2) is 0 Å². The van der Waals surface area contributed by atoms with E-state index in [1.807, 2.05) is 0 Å². The number of aliphatic hydroxyl groups is 18. The van der Waals surface area contributed by atoms with Crippen molar-refractivity contribution in [3.05, 3.63) is 0 Å². The molecule has 0 aliphatic carbocycles. The van der Waals surface area contributed by atoms with Crippen molar-refractivity contribution in [3.8, 4) is 0 Å². The van der Waals surface area contributed by atoms with Crippen LogP contribution in [0, 0.1) is 0 Å². The van der Waals surface area contributed by atoms with Crippen molar-refractivity contribution in [2.75, 3.05) is 39.6 Å². The Morgan fingerprint density at radius 1 is 0.476 bits per heavy atom. The lowest BCUT2D eigenvalue weighted by Gasteiger charge is -2.53. The van der Waals surface area contributed by atoms with Gasteiger partial charge < -0.3 is 165 Å². The Kier molecular flexibility index (Phi) is 23.9. The molecule has 6 fully saturated rings. The van der Waals surface area contributed by atoms with Crippen LogP contribution in [0.4, 0.5) is 0 Å². The zero-order valence-electron chi connectivity index (χ0n) is 43.9. The van der Waals surface area contributed by atoms with Crippen molar-refractivity contribution in [3.63, 3.8) is 0 Å². The fourth-order valence-corrected chi connectivity index (χ4v) is 10.4. The van der Waals surface area contributed by atoms with Gasteiger partial charge in [0.1, 0.15) is 140 Å². The number of nitrogens with one attached hydrogen (secondary N) is 3. The summed E-state index contributed by atoms with van der Waals surface area (Å²) in [5.41, 5.74) is 0. The smallest absolute Gasteiger partial charge is 0.364 e. The summed E-state index contributed by atoms with van der Waals surface area (Å²) >= 11 is 0. The van der Waals surface area contributed by atoms with Gasteiger partial charge in [-0.05, 0) is 0 Å². The van der Waals surface area contributed by atoms with Crippen LogP contribution in [0.1, 0.15) is 27.2 Å². The summed E-state index contributed by atoms with van der Waals surface area (Å²) in [7, 11) is 0. The van der Waals surface area contributed by atoms with E-state index in [4.69, 9.17) is 52.1 Å². The van der Waals surface area contributed by atoms with Crippen LogP contribution < -0.4 is 16.0 Å². The minimum absolute atomic E-state index is 0.799. The van der Waals surface area contributed by atoms with E-state index in [0.29, 0.717) is 0 Å². The second-order valence-electron chi connectivity index (χ2n) is 20.4. The third-order valence-electron chi connectivity index (χ3n) is 14.6. The summed E-state index contributed by atoms with van der Waals surface area (Å²) in [5, 5.41) is 213. The standard InChI is InChI=1S/C45H75N3O34/c1-11(55)46-21-14(58)4-45(44(70)71,81-36(21)24(60)15(59)5-49)82-38-32(68)43(77-33-19(9-53)72-39(69)30(66)29(33)65)76-20(10-54)34(38)78-41-23(48-13(3)57)35(26(62)17(7-51)74-41)79-42-31(67)37(27(63)18(8-52)75-42)80-40-22(47-12(2)56)28(64)25(61)16(6-50)73-40/h14-43,49-54,58-69H,4-10H2,1-3H3,(H,46,55)(H,47,56)(H,48,57)(H,70,71)/t14-,15+,16+,17+,18+,19+,20+,21+,22+,23+,24+,25-,26-,27-,28+,29+,30+,31+,32+,33+,34-,35+,36+,37-,38+,39+,40-,41-,42-,43-,45-/m0/s1. The van der Waals surface area contributed by atoms with Gasteiger partial charge in [-0.15, -0.1) is 0 Å². The maximum Gasteiger partial charge on any atom is 0.364 e. The van der Waals surface area contributed by atoms with Gasteiger partial charge in [0.05, 0.1) is 51.8 Å². The molecule has 6 rings (SSSR count). The summed E-state index contributed by atoms with van der Waals surface area (Å²) in [6.07, 6.45) is -58.0. The lowest BCUT2D eigenvalue weighted by atomic mass is 9.88. The van der Waals surface area contributed by atoms with Crippen molar-refractivity contribution >= 4 is 23.7 Å². The topological polar surface area (TPSA) is 590 Å². The van der Waals surface area contributed by atoms with Crippen LogP contribution in [-0.2, 0) is 71.3 Å². The van der Waals surface area contributed by atoms with Crippen LogP contribution in [0.2, 0.25) is 0 Å². The number of ether oxygens (including phenoxy) is 11. The van der Waals surface area contributed by atoms with E-state index in [1.54, 1.807) is 0 Å². The lowest BCUT2D eigenvalue weighted by molar-refractivity contribution is -0.403. The SMILES string of the molecule is CC(=O)N[C@H]1[C@H](O[C@H]2[C@@H](O)[C@@H](CO)O[C@@H](O[C@H]3[C@@H](O)[C@@H](CO)O[C@@H](O[C@@H]4[C@H](O[C@]5(C(=O)O)C[C@H](O)[C@@H](NC(C)=O)[C@H]([C@H](O)[C@H](O)CO)O5)[C@@H](O)[C@H](O[C@H]5[C@H](O)[C@@H](O)[C@H](O)O[C@@H]5CO)O[C@@H]4CO)[C@@H]3NC(C)=O)[C@@H]2O)O[C@H](CO)[C@H](O)[C@@H]1O. The first-order valence-electron chi connectivity index (χ1n) is 25.7. The van der Waals surface area contributed by atoms with Gasteiger partial charge in [0, 0.05) is 27.2 Å². The van der Waals surface area contributed by atoms with E-state index >= 15 is 0 Å². The first-order chi connectivity index (χ1) is 38.6. The number of carboxylic acids is 1. The maximum absolute atomic E-state index is 13.6. The third kappa shape index (κ3) is 14.6. The van der Waals surface area contributed by atoms with Gasteiger partial charge in [-0.25, -0.2) is 4.79 Å². The van der Waals surface area contributed by atoms with Gasteiger partial charge in [-0.1, -0.05) is 0 Å². The second kappa shape index (κ2) is 28.9. The number of amides is 3. The molecule has 0 saturated carbocycles. The Morgan fingerprint density at radius 3 is 1.43 bits per heavy atom. The molecule has 0 bridgehead atoms. The van der Waals surface area contributed by atoms with Crippen LogP contribution >= 0.6 is 0 Å². The zero-order chi connectivity index (χ0) is 61.0. The molecule has 6 aliphatic heterocycles. The van der Waals surface area contributed by atoms with Crippen LogP contribution in [0.3, 0.4) is 0 Å². The summed E-state index contributed by atoms with van der Waals surface area (Å²) < 4.78 is 64.0. The Balaban J connectivity index is 1.41. The number of rotatable bonds is 22. The lowest BCUT2D eigenvalue weighted by Crippen LogP contribution is -2.72. The molecule has 474 valence electrons. The van der Waals surface area contributed by atoms with Crippen molar-refractivity contribution in [2.24, 2.45) is 0 Å². The molecule has 0 aromatic heterocycles. The van der Waals surface area contributed by atoms with Gasteiger partial charge >= 0.3 is 5.97 Å². The minimum atomic E-state index is -3.39. The number of carbonyl (C=O) groups is 4. The average Bonchev–Trinajstić information content (AvgIpc) is 3.58. The van der Waals surface area contributed by atoms with Crippen molar-refractivity contribution in [1.29, 1.82) is 0 Å². The highest BCUT2D eigenvalue weighted by molar-refractivity contribution is 5.77. The molecule has 22 N–H and O–H groups in total. The zero-order valence-corrected chi connectivity index (χ0v) is 43.9. The predicted molar refractivity (Wildman–Crippen MR) is 251 cm³/mol. The molecule has 6 heterocycles. The van der Waals surface area contributed by atoms with E-state index in [2.05, 4.69) is 16.0 Å². The summed E-state index contributed by atoms with van der Waals surface area (Å²) in [6.45, 7) is -3.82. The Hall–Kier alpha value is -3.28. The van der Waals surface area contributed by atoms with Crippen LogP contribution in [0.5, 0.6) is 0 Å². The molecule has 6 aliphatic rings. The molecule has 0 spiro atoms. The number of carboxylic acid groups (broad SMARTS) is 1. The Morgan fingerprint density at radius 2 is 0.902 bits per heavy atom. The number of carbonyl (C=O) groups excluding carboxylic acids is 3. The molecule has 0 aromatic rings. The Bertz CT molecular complexity index is 2090. The molecule has 37 nitrogen and oxygen atoms in total. The van der Waals surface area contributed by atoms with Gasteiger partial charge in [0.25, 0.3) is 5.79 Å². The summed E-state index contributed by atoms with van der Waals surface area (Å²) in [5.74, 6) is -8.25. The van der Waals surface area contributed by atoms with Gasteiger partial charge in [0.2, 0.25) is 17.7 Å². The van der Waals surface area contributed by atoms with Crippen molar-refractivity contribution in [2.45, 2.75) is 217 Å². The molecule has 31 atom stereocenters. The molecule has 0 unspecified atom stereocenters. The second-order valence-corrected chi connectivity index (χ2v) is 20.4. The normalized spacial score (nSPS) is 46.3. The molecule has 37 heteroatoms. The number of hydrogen-bond acceptors (Lipinski definition) is 33. The first kappa shape index (κ1) is 67.8. The monoisotopic (exact) mass is 1200 g/mol. The van der Waals surface area contributed by atoms with Gasteiger partial charge in [-0.2, -0.15) is 0 Å². The van der Waals surface area contributed by atoms with E-state index in [1.165, 1.54) is 0 Å². The highest BCUT2D eigenvalue weighted by Gasteiger charge is 2.62.